The van der Waals surface area contributed by atoms with E-state index in [-0.39, 0.29) is 81.9 Å². The molecule has 8 rings (SSSR count). The van der Waals surface area contributed by atoms with Crippen LogP contribution in [0.1, 0.15) is 45.5 Å². The van der Waals surface area contributed by atoms with Gasteiger partial charge >= 0.3 is 0 Å². The van der Waals surface area contributed by atoms with Crippen LogP contribution in [0.3, 0.4) is 0 Å². The van der Waals surface area contributed by atoms with Gasteiger partial charge < -0.3 is 107 Å². The topological polar surface area (TPSA) is 181 Å². The van der Waals surface area contributed by atoms with E-state index in [1.54, 1.807) is 28.4 Å². The van der Waals surface area contributed by atoms with Crippen molar-refractivity contribution in [1.29, 1.82) is 0 Å². The van der Waals surface area contributed by atoms with Crippen molar-refractivity contribution in [3.63, 3.8) is 0 Å². The van der Waals surface area contributed by atoms with Gasteiger partial charge in [0.15, 0.2) is 34.5 Å². The van der Waals surface area contributed by atoms with Crippen molar-refractivity contribution in [2.45, 2.75) is 37.8 Å². The SMILES string of the molecule is COc1ccc2cc1Oc1ccc(cc1)CC1c3cc(c(OC)cc3CC[N+]1(C)C)Oc1c(OC)c(OC)cc3c1C(C2)[N+](C)(C)CC3.O.O.O.O.[I-].[I-]. The minimum absolute atomic E-state index is 0. The smallest absolute Gasteiger partial charge is 0.204 e. The lowest BCUT2D eigenvalue weighted by Gasteiger charge is -2.44. The highest BCUT2D eigenvalue weighted by molar-refractivity contribution is 5.63. The molecule has 12 nitrogen and oxygen atoms in total. The van der Waals surface area contributed by atoms with Gasteiger partial charge in [-0.05, 0) is 64.7 Å². The number of hydrogen-bond acceptors (Lipinski definition) is 6. The number of halogens is 2. The third-order valence-electron chi connectivity index (χ3n) is 10.9. The second-order valence-corrected chi connectivity index (χ2v) is 14.5. The highest BCUT2D eigenvalue weighted by atomic mass is 127. The van der Waals surface area contributed by atoms with Gasteiger partial charge in [0, 0.05) is 31.2 Å². The highest BCUT2D eigenvalue weighted by Gasteiger charge is 2.42. The third kappa shape index (κ3) is 8.96. The normalized spacial score (nSPS) is 18.0. The molecule has 14 heteroatoms. The third-order valence-corrected chi connectivity index (χ3v) is 10.9. The van der Waals surface area contributed by atoms with Crippen molar-refractivity contribution in [2.24, 2.45) is 0 Å². The fourth-order valence-corrected chi connectivity index (χ4v) is 7.95. The van der Waals surface area contributed by atoms with Gasteiger partial charge in [-0.3, -0.25) is 0 Å². The summed E-state index contributed by atoms with van der Waals surface area (Å²) in [6, 6.07) is 21.6. The van der Waals surface area contributed by atoms with Crippen LogP contribution in [0.5, 0.6) is 46.0 Å². The Kier molecular flexibility index (Phi) is 17.4. The molecule has 0 amide bonds. The van der Waals surface area contributed by atoms with Crippen LogP contribution < -0.4 is 76.4 Å². The fraction of sp³-hybridized carbons (Fsp3) is 0.400. The number of likely N-dealkylation sites (N-methyl/N-ethyl adjacent to an activating group) is 2. The van der Waals surface area contributed by atoms with E-state index in [1.807, 2.05) is 6.07 Å². The molecule has 4 aromatic carbocycles. The van der Waals surface area contributed by atoms with E-state index >= 15 is 0 Å². The molecule has 4 heterocycles. The summed E-state index contributed by atoms with van der Waals surface area (Å²) in [5.41, 5.74) is 7.31. The number of rotatable bonds is 4. The minimum atomic E-state index is 0. The van der Waals surface area contributed by atoms with E-state index in [9.17, 15) is 0 Å². The number of nitrogens with zero attached hydrogens (tertiary/aromatic N) is 2. The first-order valence-electron chi connectivity index (χ1n) is 16.8. The average molecular weight is 979 g/mol. The molecule has 0 radical (unpaired) electrons. The van der Waals surface area contributed by atoms with Gasteiger partial charge in [-0.1, -0.05) is 18.2 Å². The number of ether oxygens (including phenoxy) is 6. The molecule has 8 N–H and O–H groups in total. The van der Waals surface area contributed by atoms with Gasteiger partial charge in [0.05, 0.1) is 75.3 Å². The molecule has 4 aliphatic heterocycles. The summed E-state index contributed by atoms with van der Waals surface area (Å²) in [6.07, 6.45) is 3.47. The van der Waals surface area contributed by atoms with Crippen LogP contribution in [0.4, 0.5) is 0 Å². The van der Waals surface area contributed by atoms with Crippen LogP contribution in [0, 0.1) is 0 Å². The number of benzene rings is 4. The number of quaternary nitrogens is 2. The largest absolute Gasteiger partial charge is 1.00 e. The predicted octanol–water partition coefficient (Wildman–Crippen LogP) is -1.84. The fourth-order valence-electron chi connectivity index (χ4n) is 7.95. The molecular weight excluding hydrogens is 922 g/mol. The van der Waals surface area contributed by atoms with Crippen molar-refractivity contribution in [3.8, 4) is 46.0 Å². The number of hydrogen-bond donors (Lipinski definition) is 0. The van der Waals surface area contributed by atoms with Crippen LogP contribution in [0.2, 0.25) is 0 Å². The summed E-state index contributed by atoms with van der Waals surface area (Å²) in [7, 11) is 16.0. The summed E-state index contributed by atoms with van der Waals surface area (Å²) in [5, 5.41) is 0. The summed E-state index contributed by atoms with van der Waals surface area (Å²) in [6.45, 7) is 2.00. The van der Waals surface area contributed by atoms with Crippen molar-refractivity contribution in [3.05, 3.63) is 94.0 Å². The van der Waals surface area contributed by atoms with E-state index in [1.165, 1.54) is 22.3 Å². The van der Waals surface area contributed by atoms with Crippen LogP contribution >= 0.6 is 0 Å². The Hall–Kier alpha value is -3.10. The van der Waals surface area contributed by atoms with Crippen LogP contribution in [0.25, 0.3) is 0 Å². The Morgan fingerprint density at radius 1 is 0.556 bits per heavy atom. The molecular formula is C40H56I2N2O10. The zero-order valence-electron chi connectivity index (χ0n) is 32.3. The molecule has 300 valence electrons. The summed E-state index contributed by atoms with van der Waals surface area (Å²) >= 11 is 0. The zero-order valence-corrected chi connectivity index (χ0v) is 36.6. The van der Waals surface area contributed by atoms with Gasteiger partial charge in [0.2, 0.25) is 5.75 Å². The summed E-state index contributed by atoms with van der Waals surface area (Å²) in [4.78, 5) is 0. The molecule has 4 aromatic rings. The maximum atomic E-state index is 7.14. The molecule has 2 unspecified atom stereocenters. The maximum Gasteiger partial charge on any atom is 0.204 e. The number of methoxy groups -OCH3 is 4. The van der Waals surface area contributed by atoms with Gasteiger partial charge in [-0.2, -0.15) is 0 Å². The average Bonchev–Trinajstić information content (AvgIpc) is 3.07. The molecule has 0 fully saturated rings. The first kappa shape index (κ1) is 48.9. The lowest BCUT2D eigenvalue weighted by Crippen LogP contribution is -3.00. The zero-order chi connectivity index (χ0) is 33.8. The molecule has 0 aliphatic carbocycles. The molecule has 2 atom stereocenters. The first-order valence-corrected chi connectivity index (χ1v) is 16.8. The molecule has 6 bridgehead atoms. The van der Waals surface area contributed by atoms with Crippen LogP contribution in [0.15, 0.2) is 60.7 Å². The standard InChI is InChI=1S/C40H48N2O6.2HI.4H2O/c1-41(2)17-15-27-22-34(44-6)36-24-30(27)31(41)19-25-9-12-29(13-10-25)47-35-21-26(11-14-33(35)43-5)20-32-38-28(16-18-42(32,3)4)23-37(45-7)39(46-8)40(38)48-36;;;;;;/h9-14,21-24,31-32H,15-20H2,1-8H3;2*1H;4*1H2/q+2;;;;;;/p-2. The van der Waals surface area contributed by atoms with Crippen molar-refractivity contribution < 1.29 is 107 Å². The van der Waals surface area contributed by atoms with Gasteiger partial charge in [0.25, 0.3) is 0 Å². The molecule has 0 spiro atoms. The van der Waals surface area contributed by atoms with E-state index in [0.717, 1.165) is 70.4 Å². The van der Waals surface area contributed by atoms with Gasteiger partial charge in [0.1, 0.15) is 17.8 Å². The Balaban J connectivity index is 0.00000243. The van der Waals surface area contributed by atoms with Crippen molar-refractivity contribution in [2.75, 3.05) is 69.7 Å². The molecule has 4 aliphatic rings. The van der Waals surface area contributed by atoms with Crippen molar-refractivity contribution >= 4 is 0 Å². The first-order chi connectivity index (χ1) is 23.0. The molecule has 54 heavy (non-hydrogen) atoms. The summed E-state index contributed by atoms with van der Waals surface area (Å²) in [5.74, 6) is 5.51. The minimum Gasteiger partial charge on any atom is -1.00 e. The second-order valence-electron chi connectivity index (χ2n) is 14.5. The number of fused-ring (bicyclic) bond motifs is 2. The Labute approximate surface area is 352 Å². The van der Waals surface area contributed by atoms with Crippen LogP contribution in [-0.2, 0) is 25.7 Å². The van der Waals surface area contributed by atoms with E-state index in [0.29, 0.717) is 34.5 Å². The van der Waals surface area contributed by atoms with E-state index in [4.69, 9.17) is 28.4 Å². The van der Waals surface area contributed by atoms with E-state index in [2.05, 4.69) is 82.8 Å². The quantitative estimate of drug-likeness (QED) is 0.171. The Morgan fingerprint density at radius 2 is 1.09 bits per heavy atom. The van der Waals surface area contributed by atoms with Gasteiger partial charge in [-0.15, -0.1) is 0 Å². The van der Waals surface area contributed by atoms with Crippen LogP contribution in [-0.4, -0.2) is 101 Å². The molecule has 0 aromatic heterocycles. The lowest BCUT2D eigenvalue weighted by molar-refractivity contribution is -0.923. The Morgan fingerprint density at radius 3 is 1.70 bits per heavy atom. The second kappa shape index (κ2) is 19.2. The lowest BCUT2D eigenvalue weighted by atomic mass is 9.85. The Bertz CT molecular complexity index is 1870. The maximum absolute atomic E-state index is 7.14. The molecule has 0 saturated carbocycles. The molecule has 0 saturated heterocycles. The predicted molar refractivity (Wildman–Crippen MR) is 201 cm³/mol. The van der Waals surface area contributed by atoms with Crippen molar-refractivity contribution in [1.82, 2.24) is 0 Å². The van der Waals surface area contributed by atoms with E-state index < -0.39 is 0 Å². The van der Waals surface area contributed by atoms with Gasteiger partial charge in [-0.25, -0.2) is 0 Å². The highest BCUT2D eigenvalue weighted by Crippen LogP contribution is 2.53. The summed E-state index contributed by atoms with van der Waals surface area (Å²) < 4.78 is 39.1. The monoisotopic (exact) mass is 978 g/mol.